The lowest BCUT2D eigenvalue weighted by Crippen LogP contribution is -2.35. The van der Waals surface area contributed by atoms with Gasteiger partial charge in [-0.2, -0.15) is 0 Å². The number of nitrogens with one attached hydrogen (secondary N) is 1. The number of alkyl halides is 1. The molecule has 0 aliphatic heterocycles. The normalized spacial score (nSPS) is 22.8. The van der Waals surface area contributed by atoms with E-state index in [0.29, 0.717) is 12.1 Å². The molecule has 0 saturated heterocycles. The molecule has 1 heterocycles. The molecule has 0 atom stereocenters. The molecule has 116 valence electrons. The maximum absolute atomic E-state index is 5.84. The zero-order valence-electron chi connectivity index (χ0n) is 12.0. The SMILES string of the molecule is BrCC=CCO[C@H]1CC[C@H](NCc2ncc(Br)cn2)CC1. The fourth-order valence-electron chi connectivity index (χ4n) is 2.42. The van der Waals surface area contributed by atoms with Crippen LogP contribution in [0.4, 0.5) is 0 Å². The molecule has 6 heteroatoms. The van der Waals surface area contributed by atoms with Crippen LogP contribution in [0.3, 0.4) is 0 Å². The van der Waals surface area contributed by atoms with Crippen molar-refractivity contribution in [3.8, 4) is 0 Å². The molecular formula is C15H21Br2N3O. The molecule has 0 radical (unpaired) electrons. The Bertz CT molecular complexity index is 431. The van der Waals surface area contributed by atoms with Crippen LogP contribution in [0, 0.1) is 0 Å². The lowest BCUT2D eigenvalue weighted by molar-refractivity contribution is 0.0394. The second-order valence-corrected chi connectivity index (χ2v) is 6.69. The van der Waals surface area contributed by atoms with Crippen molar-refractivity contribution in [1.82, 2.24) is 15.3 Å². The van der Waals surface area contributed by atoms with Crippen molar-refractivity contribution in [1.29, 1.82) is 0 Å². The van der Waals surface area contributed by atoms with E-state index >= 15 is 0 Å². The van der Waals surface area contributed by atoms with E-state index in [0.717, 1.165) is 54.5 Å². The van der Waals surface area contributed by atoms with Crippen molar-refractivity contribution in [3.05, 3.63) is 34.8 Å². The Morgan fingerprint density at radius 3 is 2.57 bits per heavy atom. The number of ether oxygens (including phenoxy) is 1. The molecule has 21 heavy (non-hydrogen) atoms. The van der Waals surface area contributed by atoms with Crippen LogP contribution in [0.2, 0.25) is 0 Å². The first kappa shape index (κ1) is 17.1. The van der Waals surface area contributed by atoms with Gasteiger partial charge in [0.25, 0.3) is 0 Å². The highest BCUT2D eigenvalue weighted by Gasteiger charge is 2.21. The smallest absolute Gasteiger partial charge is 0.142 e. The molecule has 1 N–H and O–H groups in total. The summed E-state index contributed by atoms with van der Waals surface area (Å²) in [6, 6.07) is 0.551. The minimum absolute atomic E-state index is 0.409. The van der Waals surface area contributed by atoms with E-state index in [4.69, 9.17) is 4.74 Å². The first-order valence-electron chi connectivity index (χ1n) is 7.30. The number of nitrogens with zero attached hydrogens (tertiary/aromatic N) is 2. The third-order valence-electron chi connectivity index (χ3n) is 3.58. The quantitative estimate of drug-likeness (QED) is 0.542. The van der Waals surface area contributed by atoms with E-state index in [1.807, 2.05) is 0 Å². The van der Waals surface area contributed by atoms with Crippen molar-refractivity contribution in [2.24, 2.45) is 0 Å². The average Bonchev–Trinajstić information content (AvgIpc) is 2.52. The molecule has 0 bridgehead atoms. The third kappa shape index (κ3) is 6.55. The van der Waals surface area contributed by atoms with Gasteiger partial charge in [0.2, 0.25) is 0 Å². The van der Waals surface area contributed by atoms with Crippen LogP contribution in [0.5, 0.6) is 0 Å². The topological polar surface area (TPSA) is 47.0 Å². The number of aromatic nitrogens is 2. The maximum atomic E-state index is 5.84. The Hall–Kier alpha value is -0.300. The molecule has 1 fully saturated rings. The first-order chi connectivity index (χ1) is 10.3. The van der Waals surface area contributed by atoms with Crippen molar-refractivity contribution in [2.45, 2.75) is 44.4 Å². The van der Waals surface area contributed by atoms with Crippen molar-refractivity contribution in [2.75, 3.05) is 11.9 Å². The van der Waals surface area contributed by atoms with Gasteiger partial charge >= 0.3 is 0 Å². The van der Waals surface area contributed by atoms with E-state index in [1.165, 1.54) is 0 Å². The van der Waals surface area contributed by atoms with Gasteiger partial charge in [0.1, 0.15) is 5.82 Å². The van der Waals surface area contributed by atoms with Crippen LogP contribution in [0.25, 0.3) is 0 Å². The summed E-state index contributed by atoms with van der Waals surface area (Å²) in [7, 11) is 0. The van der Waals surface area contributed by atoms with E-state index in [1.54, 1.807) is 12.4 Å². The number of hydrogen-bond donors (Lipinski definition) is 1. The van der Waals surface area contributed by atoms with Crippen LogP contribution in [-0.2, 0) is 11.3 Å². The summed E-state index contributed by atoms with van der Waals surface area (Å²) in [5.41, 5.74) is 0. The van der Waals surface area contributed by atoms with Crippen LogP contribution < -0.4 is 5.32 Å². The fraction of sp³-hybridized carbons (Fsp3) is 0.600. The zero-order chi connectivity index (χ0) is 14.9. The van der Waals surface area contributed by atoms with E-state index in [2.05, 4.69) is 59.3 Å². The minimum atomic E-state index is 0.409. The maximum Gasteiger partial charge on any atom is 0.142 e. The number of hydrogen-bond acceptors (Lipinski definition) is 4. The van der Waals surface area contributed by atoms with Gasteiger partial charge < -0.3 is 10.1 Å². The number of rotatable bonds is 7. The molecule has 1 aliphatic rings. The monoisotopic (exact) mass is 417 g/mol. The summed E-state index contributed by atoms with van der Waals surface area (Å²) in [5.74, 6) is 0.844. The van der Waals surface area contributed by atoms with Crippen LogP contribution >= 0.6 is 31.9 Å². The molecular weight excluding hydrogens is 398 g/mol. The predicted octanol–water partition coefficient (Wildman–Crippen LogP) is 3.61. The zero-order valence-corrected chi connectivity index (χ0v) is 15.1. The lowest BCUT2D eigenvalue weighted by atomic mass is 9.93. The summed E-state index contributed by atoms with van der Waals surface area (Å²) < 4.78 is 6.76. The average molecular weight is 419 g/mol. The van der Waals surface area contributed by atoms with Gasteiger partial charge in [0.15, 0.2) is 0 Å². The number of allylic oxidation sites excluding steroid dienone is 1. The second-order valence-electron chi connectivity index (χ2n) is 5.13. The lowest BCUT2D eigenvalue weighted by Gasteiger charge is -2.28. The van der Waals surface area contributed by atoms with Crippen molar-refractivity contribution >= 4 is 31.9 Å². The first-order valence-corrected chi connectivity index (χ1v) is 9.21. The van der Waals surface area contributed by atoms with Crippen LogP contribution in [-0.4, -0.2) is 34.1 Å². The fourth-order valence-corrected chi connectivity index (χ4v) is 2.89. The van der Waals surface area contributed by atoms with Gasteiger partial charge in [-0.15, -0.1) is 0 Å². The molecule has 0 spiro atoms. The Kier molecular flexibility index (Phi) is 7.85. The van der Waals surface area contributed by atoms with Gasteiger partial charge in [-0.25, -0.2) is 9.97 Å². The Morgan fingerprint density at radius 1 is 1.19 bits per heavy atom. The third-order valence-corrected chi connectivity index (χ3v) is 4.36. The van der Waals surface area contributed by atoms with Gasteiger partial charge in [0.05, 0.1) is 23.7 Å². The van der Waals surface area contributed by atoms with Gasteiger partial charge in [-0.1, -0.05) is 28.1 Å². The Morgan fingerprint density at radius 2 is 1.90 bits per heavy atom. The molecule has 0 amide bonds. The largest absolute Gasteiger partial charge is 0.374 e. The van der Waals surface area contributed by atoms with E-state index < -0.39 is 0 Å². The van der Waals surface area contributed by atoms with Gasteiger partial charge in [-0.3, -0.25) is 0 Å². The highest BCUT2D eigenvalue weighted by molar-refractivity contribution is 9.10. The molecule has 2 rings (SSSR count). The molecule has 0 aromatic carbocycles. The Balaban J connectivity index is 1.62. The minimum Gasteiger partial charge on any atom is -0.374 e. The summed E-state index contributed by atoms with van der Waals surface area (Å²) in [6.07, 6.45) is 12.7. The van der Waals surface area contributed by atoms with Crippen LogP contribution in [0.15, 0.2) is 29.0 Å². The molecule has 1 saturated carbocycles. The molecule has 4 nitrogen and oxygen atoms in total. The summed E-state index contributed by atoms with van der Waals surface area (Å²) in [5, 5.41) is 4.43. The second kappa shape index (κ2) is 9.66. The van der Waals surface area contributed by atoms with Crippen LogP contribution in [0.1, 0.15) is 31.5 Å². The van der Waals surface area contributed by atoms with Crippen molar-refractivity contribution < 1.29 is 4.74 Å². The highest BCUT2D eigenvalue weighted by atomic mass is 79.9. The summed E-state index contributed by atoms with van der Waals surface area (Å²) in [4.78, 5) is 8.56. The van der Waals surface area contributed by atoms with Crippen molar-refractivity contribution in [3.63, 3.8) is 0 Å². The van der Waals surface area contributed by atoms with E-state index in [9.17, 15) is 0 Å². The van der Waals surface area contributed by atoms with Gasteiger partial charge in [-0.05, 0) is 41.6 Å². The summed E-state index contributed by atoms with van der Waals surface area (Å²) >= 11 is 6.70. The summed E-state index contributed by atoms with van der Waals surface area (Å²) in [6.45, 7) is 1.46. The molecule has 1 aromatic heterocycles. The van der Waals surface area contributed by atoms with E-state index in [-0.39, 0.29) is 0 Å². The highest BCUT2D eigenvalue weighted by Crippen LogP contribution is 2.21. The standard InChI is InChI=1S/C15H21Br2N3O/c16-7-1-2-8-21-14-5-3-13(4-6-14)18-11-15-19-9-12(17)10-20-15/h1-2,9-10,13-14,18H,3-8,11H2/t13-,14-. The predicted molar refractivity (Wildman–Crippen MR) is 91.5 cm³/mol. The van der Waals surface area contributed by atoms with Gasteiger partial charge in [0, 0.05) is 23.8 Å². The molecule has 1 aromatic rings. The molecule has 1 aliphatic carbocycles. The molecule has 0 unspecified atom stereocenters. The Labute approximate surface area is 143 Å². The number of halogens is 2.